The molecule has 3 saturated carbocycles. The summed E-state index contributed by atoms with van der Waals surface area (Å²) in [6.45, 7) is 1.38. The van der Waals surface area contributed by atoms with E-state index in [0.29, 0.717) is 6.42 Å². The maximum absolute atomic E-state index is 10.9. The molecule has 1 N–H and O–H groups in total. The van der Waals surface area contributed by atoms with Gasteiger partial charge in [0, 0.05) is 39.0 Å². The van der Waals surface area contributed by atoms with Crippen LogP contribution < -0.4 is 0 Å². The van der Waals surface area contributed by atoms with Crippen LogP contribution in [0.5, 0.6) is 0 Å². The number of ether oxygens (including phenoxy) is 3. The van der Waals surface area contributed by atoms with E-state index in [9.17, 15) is 9.90 Å². The SMILES string of the molecule is CC(=O)OC1(OC2(OC3CC3O)CC2)CC1. The molecule has 0 saturated heterocycles. The van der Waals surface area contributed by atoms with Crippen LogP contribution in [0.2, 0.25) is 0 Å². The number of carbonyl (C=O) groups excluding carboxylic acids is 1. The third-order valence-corrected chi connectivity index (χ3v) is 3.08. The van der Waals surface area contributed by atoms with E-state index >= 15 is 0 Å². The van der Waals surface area contributed by atoms with E-state index in [-0.39, 0.29) is 18.2 Å². The van der Waals surface area contributed by atoms with Crippen molar-refractivity contribution in [2.24, 2.45) is 0 Å². The van der Waals surface area contributed by atoms with E-state index in [0.717, 1.165) is 25.7 Å². The van der Waals surface area contributed by atoms with E-state index in [1.807, 2.05) is 0 Å². The summed E-state index contributed by atoms with van der Waals surface area (Å²) in [6, 6.07) is 0. The number of carbonyl (C=O) groups is 1. The normalized spacial score (nSPS) is 36.6. The van der Waals surface area contributed by atoms with Crippen molar-refractivity contribution in [3.05, 3.63) is 0 Å². The van der Waals surface area contributed by atoms with Crippen molar-refractivity contribution in [2.75, 3.05) is 0 Å². The summed E-state index contributed by atoms with van der Waals surface area (Å²) in [5, 5.41) is 9.21. The van der Waals surface area contributed by atoms with Gasteiger partial charge >= 0.3 is 5.97 Å². The minimum absolute atomic E-state index is 0.0874. The van der Waals surface area contributed by atoms with E-state index < -0.39 is 11.6 Å². The van der Waals surface area contributed by atoms with Crippen LogP contribution in [0.15, 0.2) is 0 Å². The van der Waals surface area contributed by atoms with Crippen LogP contribution in [-0.4, -0.2) is 34.9 Å². The zero-order valence-corrected chi connectivity index (χ0v) is 9.27. The quantitative estimate of drug-likeness (QED) is 0.554. The number of hydrogen-bond donors (Lipinski definition) is 1. The third kappa shape index (κ3) is 2.07. The van der Waals surface area contributed by atoms with Gasteiger partial charge in [0.2, 0.25) is 5.79 Å². The first kappa shape index (κ1) is 10.5. The number of hydrogen-bond acceptors (Lipinski definition) is 5. The summed E-state index contributed by atoms with van der Waals surface area (Å²) < 4.78 is 16.6. The summed E-state index contributed by atoms with van der Waals surface area (Å²) >= 11 is 0. The standard InChI is InChI=1S/C11H16O5/c1-7(12)14-10(2-3-10)16-11(4-5-11)15-9-6-8(9)13/h8-9,13H,2-6H2,1H3. The molecule has 0 bridgehead atoms. The zero-order chi connectivity index (χ0) is 11.4. The van der Waals surface area contributed by atoms with Gasteiger partial charge in [0.1, 0.15) is 0 Å². The summed E-state index contributed by atoms with van der Waals surface area (Å²) in [4.78, 5) is 10.9. The smallest absolute Gasteiger partial charge is 0.305 e. The molecule has 3 rings (SSSR count). The van der Waals surface area contributed by atoms with Crippen LogP contribution in [0.1, 0.15) is 39.0 Å². The van der Waals surface area contributed by atoms with Crippen molar-refractivity contribution in [3.63, 3.8) is 0 Å². The minimum Gasteiger partial charge on any atom is -0.433 e. The Morgan fingerprint density at radius 3 is 2.19 bits per heavy atom. The topological polar surface area (TPSA) is 65.0 Å². The highest BCUT2D eigenvalue weighted by molar-refractivity contribution is 5.66. The minimum atomic E-state index is -0.734. The molecule has 5 nitrogen and oxygen atoms in total. The highest BCUT2D eigenvalue weighted by Gasteiger charge is 2.61. The van der Waals surface area contributed by atoms with E-state index in [1.165, 1.54) is 6.92 Å². The van der Waals surface area contributed by atoms with Gasteiger partial charge in [-0.3, -0.25) is 4.79 Å². The fourth-order valence-corrected chi connectivity index (χ4v) is 1.84. The zero-order valence-electron chi connectivity index (χ0n) is 9.27. The van der Waals surface area contributed by atoms with Gasteiger partial charge in [-0.15, -0.1) is 0 Å². The van der Waals surface area contributed by atoms with E-state index in [2.05, 4.69) is 0 Å². The summed E-state index contributed by atoms with van der Waals surface area (Å²) in [5.74, 6) is -1.64. The average Bonchev–Trinajstić information content (AvgIpc) is 3.05. The Kier molecular flexibility index (Phi) is 2.09. The van der Waals surface area contributed by atoms with Gasteiger partial charge in [0.05, 0.1) is 12.2 Å². The van der Waals surface area contributed by atoms with Gasteiger partial charge in [-0.2, -0.15) is 0 Å². The van der Waals surface area contributed by atoms with Crippen LogP contribution in [0.3, 0.4) is 0 Å². The van der Waals surface area contributed by atoms with Crippen LogP contribution >= 0.6 is 0 Å². The monoisotopic (exact) mass is 228 g/mol. The van der Waals surface area contributed by atoms with Crippen molar-refractivity contribution in [3.8, 4) is 0 Å². The molecule has 90 valence electrons. The lowest BCUT2D eigenvalue weighted by molar-refractivity contribution is -0.275. The lowest BCUT2D eigenvalue weighted by Crippen LogP contribution is -2.32. The molecule has 2 atom stereocenters. The summed E-state index contributed by atoms with van der Waals surface area (Å²) in [7, 11) is 0. The van der Waals surface area contributed by atoms with Gasteiger partial charge in [-0.25, -0.2) is 0 Å². The maximum Gasteiger partial charge on any atom is 0.305 e. The van der Waals surface area contributed by atoms with Crippen LogP contribution in [0, 0.1) is 0 Å². The Hall–Kier alpha value is -0.650. The Bertz CT molecular complexity index is 318. The van der Waals surface area contributed by atoms with Gasteiger partial charge in [0.25, 0.3) is 0 Å². The largest absolute Gasteiger partial charge is 0.433 e. The van der Waals surface area contributed by atoms with Gasteiger partial charge in [-0.1, -0.05) is 0 Å². The second-order valence-corrected chi connectivity index (χ2v) is 4.98. The summed E-state index contributed by atoms with van der Waals surface area (Å²) in [6.07, 6.45) is 3.38. The first-order valence-corrected chi connectivity index (χ1v) is 5.78. The number of aliphatic hydroxyl groups is 1. The number of esters is 1. The molecule has 0 aromatic carbocycles. The molecule has 3 aliphatic rings. The molecular formula is C11H16O5. The lowest BCUT2D eigenvalue weighted by Gasteiger charge is -2.24. The third-order valence-electron chi connectivity index (χ3n) is 3.08. The molecule has 0 aromatic rings. The molecule has 0 amide bonds. The second kappa shape index (κ2) is 3.18. The molecular weight excluding hydrogens is 212 g/mol. The molecule has 16 heavy (non-hydrogen) atoms. The highest BCUT2D eigenvalue weighted by Crippen LogP contribution is 2.53. The lowest BCUT2D eigenvalue weighted by atomic mass is 10.6. The molecule has 3 fully saturated rings. The van der Waals surface area contributed by atoms with Crippen molar-refractivity contribution >= 4 is 5.97 Å². The van der Waals surface area contributed by atoms with Gasteiger partial charge in [0.15, 0.2) is 5.79 Å². The Morgan fingerprint density at radius 2 is 1.81 bits per heavy atom. The van der Waals surface area contributed by atoms with Crippen LogP contribution in [-0.2, 0) is 19.0 Å². The molecule has 0 aliphatic heterocycles. The Balaban J connectivity index is 1.55. The van der Waals surface area contributed by atoms with Crippen LogP contribution in [0.25, 0.3) is 0 Å². The maximum atomic E-state index is 10.9. The first-order valence-electron chi connectivity index (χ1n) is 5.78. The summed E-state index contributed by atoms with van der Waals surface area (Å²) in [5.41, 5.74) is 0. The number of rotatable bonds is 5. The molecule has 0 radical (unpaired) electrons. The predicted molar refractivity (Wildman–Crippen MR) is 52.3 cm³/mol. The highest BCUT2D eigenvalue weighted by atomic mass is 16.8. The average molecular weight is 228 g/mol. The fourth-order valence-electron chi connectivity index (χ4n) is 1.84. The molecule has 0 aromatic heterocycles. The number of aliphatic hydroxyl groups excluding tert-OH is 1. The second-order valence-electron chi connectivity index (χ2n) is 4.98. The first-order chi connectivity index (χ1) is 7.53. The molecule has 0 heterocycles. The van der Waals surface area contributed by atoms with Crippen molar-refractivity contribution in [1.82, 2.24) is 0 Å². The Labute approximate surface area is 93.7 Å². The van der Waals surface area contributed by atoms with Crippen molar-refractivity contribution < 1.29 is 24.1 Å². The molecule has 3 aliphatic carbocycles. The predicted octanol–water partition coefficient (Wildman–Crippen LogP) is 0.696. The van der Waals surface area contributed by atoms with E-state index in [1.54, 1.807) is 0 Å². The molecule has 5 heteroatoms. The van der Waals surface area contributed by atoms with Crippen LogP contribution in [0.4, 0.5) is 0 Å². The Morgan fingerprint density at radius 1 is 1.25 bits per heavy atom. The van der Waals surface area contributed by atoms with Gasteiger partial charge < -0.3 is 19.3 Å². The van der Waals surface area contributed by atoms with Crippen molar-refractivity contribution in [2.45, 2.75) is 62.8 Å². The van der Waals surface area contributed by atoms with E-state index in [4.69, 9.17) is 14.2 Å². The fraction of sp³-hybridized carbons (Fsp3) is 0.909. The van der Waals surface area contributed by atoms with Crippen molar-refractivity contribution in [1.29, 1.82) is 0 Å². The molecule has 2 unspecified atom stereocenters. The molecule has 0 spiro atoms. The van der Waals surface area contributed by atoms with Gasteiger partial charge in [-0.05, 0) is 0 Å².